The maximum Gasteiger partial charge on any atom is 0.379 e. The minimum atomic E-state index is -0.796. The molecule has 0 amide bonds. The Kier molecular flexibility index (Phi) is 4.23. The van der Waals surface area contributed by atoms with Gasteiger partial charge in [-0.2, -0.15) is 0 Å². The summed E-state index contributed by atoms with van der Waals surface area (Å²) in [5.41, 5.74) is 2.04. The molecule has 0 atom stereocenters. The van der Waals surface area contributed by atoms with E-state index in [1.807, 2.05) is 38.1 Å². The van der Waals surface area contributed by atoms with Crippen molar-refractivity contribution < 1.29 is 14.3 Å². The first kappa shape index (κ1) is 14.7. The fraction of sp³-hybridized carbons (Fsp3) is 0.250. The van der Waals surface area contributed by atoms with Gasteiger partial charge in [0.05, 0.1) is 6.61 Å². The monoisotopic (exact) mass is 334 g/mol. The predicted octanol–water partition coefficient (Wildman–Crippen LogP) is 3.96. The Morgan fingerprint density at radius 3 is 2.55 bits per heavy atom. The van der Waals surface area contributed by atoms with Gasteiger partial charge in [-0.15, -0.1) is 0 Å². The van der Waals surface area contributed by atoms with E-state index in [0.29, 0.717) is 5.56 Å². The van der Waals surface area contributed by atoms with Crippen molar-refractivity contribution >= 4 is 38.5 Å². The number of carbonyl (C=O) groups is 2. The summed E-state index contributed by atoms with van der Waals surface area (Å²) in [4.78, 5) is 23.9. The molecule has 0 bridgehead atoms. The summed E-state index contributed by atoms with van der Waals surface area (Å²) in [7, 11) is 0. The number of Topliss-reactive ketones (excluding diaryl/α,β-unsaturated/α-hetero) is 1. The van der Waals surface area contributed by atoms with Crippen LogP contribution < -0.4 is 0 Å². The lowest BCUT2D eigenvalue weighted by atomic mass is 9.93. The van der Waals surface area contributed by atoms with Gasteiger partial charge in [0.2, 0.25) is 0 Å². The second kappa shape index (κ2) is 5.75. The van der Waals surface area contributed by atoms with Crippen molar-refractivity contribution in [1.82, 2.24) is 0 Å². The quantitative estimate of drug-likeness (QED) is 0.484. The lowest BCUT2D eigenvalue weighted by Gasteiger charge is -2.12. The Balaban J connectivity index is 2.63. The molecule has 2 rings (SSSR count). The molecule has 0 aliphatic rings. The van der Waals surface area contributed by atoms with Gasteiger partial charge >= 0.3 is 5.97 Å². The number of rotatable bonds is 3. The molecule has 2 aromatic rings. The van der Waals surface area contributed by atoms with Crippen LogP contribution in [0.5, 0.6) is 0 Å². The third-order valence-corrected chi connectivity index (χ3v) is 3.74. The molecular weight excluding hydrogens is 320 g/mol. The number of esters is 1. The van der Waals surface area contributed by atoms with Crippen molar-refractivity contribution in [2.75, 3.05) is 6.61 Å². The van der Waals surface area contributed by atoms with Gasteiger partial charge in [0.25, 0.3) is 5.78 Å². The van der Waals surface area contributed by atoms with Gasteiger partial charge in [-0.05, 0) is 54.8 Å². The number of carbonyl (C=O) groups excluding carboxylic acids is 2. The fourth-order valence-corrected chi connectivity index (χ4v) is 2.76. The van der Waals surface area contributed by atoms with Crippen LogP contribution in [0.15, 0.2) is 28.7 Å². The summed E-state index contributed by atoms with van der Waals surface area (Å²) >= 11 is 3.43. The third-order valence-electron chi connectivity index (χ3n) is 3.25. The van der Waals surface area contributed by atoms with Gasteiger partial charge in [-0.25, -0.2) is 4.79 Å². The van der Waals surface area contributed by atoms with Crippen LogP contribution in [-0.2, 0) is 9.53 Å². The number of aryl methyl sites for hydroxylation is 2. The molecule has 0 saturated heterocycles. The van der Waals surface area contributed by atoms with E-state index in [4.69, 9.17) is 4.74 Å². The van der Waals surface area contributed by atoms with Crippen LogP contribution in [0.3, 0.4) is 0 Å². The van der Waals surface area contributed by atoms with Crippen LogP contribution in [-0.4, -0.2) is 18.4 Å². The van der Waals surface area contributed by atoms with Crippen LogP contribution in [0.2, 0.25) is 0 Å². The molecule has 3 nitrogen and oxygen atoms in total. The number of ether oxygens (including phenoxy) is 1. The maximum absolute atomic E-state index is 12.2. The van der Waals surface area contributed by atoms with E-state index >= 15 is 0 Å². The molecule has 0 radical (unpaired) electrons. The second-order valence-corrected chi connectivity index (χ2v) is 5.52. The average Bonchev–Trinajstić information content (AvgIpc) is 2.38. The number of hydrogen-bond acceptors (Lipinski definition) is 3. The smallest absolute Gasteiger partial charge is 0.379 e. The van der Waals surface area contributed by atoms with Crippen LogP contribution in [0.25, 0.3) is 10.8 Å². The lowest BCUT2D eigenvalue weighted by molar-refractivity contribution is -0.137. The number of halogens is 1. The number of fused-ring (bicyclic) bond motifs is 1. The lowest BCUT2D eigenvalue weighted by Crippen LogP contribution is -2.19. The van der Waals surface area contributed by atoms with Crippen LogP contribution >= 0.6 is 15.9 Å². The van der Waals surface area contributed by atoms with E-state index in [0.717, 1.165) is 26.4 Å². The van der Waals surface area contributed by atoms with E-state index in [2.05, 4.69) is 15.9 Å². The molecule has 0 N–H and O–H groups in total. The van der Waals surface area contributed by atoms with Gasteiger partial charge in [0.15, 0.2) is 0 Å². The van der Waals surface area contributed by atoms with E-state index in [9.17, 15) is 9.59 Å². The molecule has 4 heteroatoms. The highest BCUT2D eigenvalue weighted by atomic mass is 79.9. The molecule has 0 aliphatic heterocycles. The largest absolute Gasteiger partial charge is 0.460 e. The van der Waals surface area contributed by atoms with Crippen LogP contribution in [0.1, 0.15) is 28.4 Å². The van der Waals surface area contributed by atoms with Gasteiger partial charge in [0, 0.05) is 10.0 Å². The molecule has 20 heavy (non-hydrogen) atoms. The highest BCUT2D eigenvalue weighted by Crippen LogP contribution is 2.28. The minimum absolute atomic E-state index is 0.198. The highest BCUT2D eigenvalue weighted by molar-refractivity contribution is 9.10. The average molecular weight is 335 g/mol. The summed E-state index contributed by atoms with van der Waals surface area (Å²) in [5, 5.41) is 2.00. The molecule has 104 valence electrons. The Bertz CT molecular complexity index is 704. The Hall–Kier alpha value is -1.68. The molecular formula is C16H15BrO3. The minimum Gasteiger partial charge on any atom is -0.460 e. The van der Waals surface area contributed by atoms with Crippen LogP contribution in [0, 0.1) is 13.8 Å². The first-order chi connectivity index (χ1) is 9.45. The standard InChI is InChI=1S/C16H15BrO3/c1-4-20-16(19)15(18)14-9(2)7-11-8-12(17)5-6-13(11)10(14)3/h5-8H,4H2,1-3H3. The summed E-state index contributed by atoms with van der Waals surface area (Å²) in [6.07, 6.45) is 0. The van der Waals surface area contributed by atoms with Crippen molar-refractivity contribution in [2.24, 2.45) is 0 Å². The maximum atomic E-state index is 12.2. The second-order valence-electron chi connectivity index (χ2n) is 4.61. The van der Waals surface area contributed by atoms with Crippen molar-refractivity contribution in [2.45, 2.75) is 20.8 Å². The fourth-order valence-electron chi connectivity index (χ4n) is 2.38. The topological polar surface area (TPSA) is 43.4 Å². The van der Waals surface area contributed by atoms with Gasteiger partial charge in [0.1, 0.15) is 0 Å². The first-order valence-electron chi connectivity index (χ1n) is 6.36. The molecule has 2 aromatic carbocycles. The molecule has 0 aliphatic carbocycles. The zero-order chi connectivity index (χ0) is 14.9. The molecule has 0 fully saturated rings. The third kappa shape index (κ3) is 2.61. The predicted molar refractivity (Wildman–Crippen MR) is 82.1 cm³/mol. The summed E-state index contributed by atoms with van der Waals surface area (Å²) < 4.78 is 5.78. The molecule has 0 aromatic heterocycles. The van der Waals surface area contributed by atoms with Gasteiger partial charge in [-0.1, -0.05) is 28.1 Å². The van der Waals surface area contributed by atoms with E-state index in [-0.39, 0.29) is 6.61 Å². The van der Waals surface area contributed by atoms with Gasteiger partial charge in [-0.3, -0.25) is 4.79 Å². The van der Waals surface area contributed by atoms with Crippen molar-refractivity contribution in [3.63, 3.8) is 0 Å². The van der Waals surface area contributed by atoms with Crippen LogP contribution in [0.4, 0.5) is 0 Å². The molecule has 0 unspecified atom stereocenters. The Labute approximate surface area is 126 Å². The Morgan fingerprint density at radius 2 is 1.90 bits per heavy atom. The first-order valence-corrected chi connectivity index (χ1v) is 7.16. The number of hydrogen-bond donors (Lipinski definition) is 0. The zero-order valence-corrected chi connectivity index (χ0v) is 13.2. The Morgan fingerprint density at radius 1 is 1.20 bits per heavy atom. The summed E-state index contributed by atoms with van der Waals surface area (Å²) in [6.45, 7) is 5.57. The summed E-state index contributed by atoms with van der Waals surface area (Å²) in [6, 6.07) is 7.77. The van der Waals surface area contributed by atoms with E-state index in [1.165, 1.54) is 0 Å². The number of ketones is 1. The molecule has 0 saturated carbocycles. The van der Waals surface area contributed by atoms with Gasteiger partial charge < -0.3 is 4.74 Å². The molecule has 0 heterocycles. The van der Waals surface area contributed by atoms with Crippen molar-refractivity contribution in [3.8, 4) is 0 Å². The summed E-state index contributed by atoms with van der Waals surface area (Å²) in [5.74, 6) is -1.37. The SMILES string of the molecule is CCOC(=O)C(=O)c1c(C)cc2cc(Br)ccc2c1C. The van der Waals surface area contributed by atoms with Crippen molar-refractivity contribution in [1.29, 1.82) is 0 Å². The molecule has 0 spiro atoms. The zero-order valence-electron chi connectivity index (χ0n) is 11.6. The van der Waals surface area contributed by atoms with E-state index in [1.54, 1.807) is 6.92 Å². The highest BCUT2D eigenvalue weighted by Gasteiger charge is 2.22. The van der Waals surface area contributed by atoms with Crippen molar-refractivity contribution in [3.05, 3.63) is 45.4 Å². The van der Waals surface area contributed by atoms with E-state index < -0.39 is 11.8 Å². The number of benzene rings is 2. The normalized spacial score (nSPS) is 10.6.